The van der Waals surface area contributed by atoms with Gasteiger partial charge in [-0.2, -0.15) is 0 Å². The van der Waals surface area contributed by atoms with Gasteiger partial charge in [0, 0.05) is 17.2 Å². The van der Waals surface area contributed by atoms with Crippen LogP contribution in [0.3, 0.4) is 0 Å². The van der Waals surface area contributed by atoms with Gasteiger partial charge in [0.1, 0.15) is 0 Å². The van der Waals surface area contributed by atoms with Crippen molar-refractivity contribution in [2.24, 2.45) is 5.92 Å². The smallest absolute Gasteiger partial charge is 0.306 e. The van der Waals surface area contributed by atoms with Crippen molar-refractivity contribution >= 4 is 17.4 Å². The van der Waals surface area contributed by atoms with Gasteiger partial charge in [0.05, 0.1) is 13.5 Å². The van der Waals surface area contributed by atoms with Crippen LogP contribution in [0.15, 0.2) is 24.3 Å². The number of hydrogen-bond donors (Lipinski definition) is 1. The fourth-order valence-corrected chi connectivity index (χ4v) is 1.36. The van der Waals surface area contributed by atoms with Crippen LogP contribution < -0.4 is 5.73 Å². The Labute approximate surface area is 94.4 Å². The van der Waals surface area contributed by atoms with Gasteiger partial charge in [0.25, 0.3) is 0 Å². The zero-order valence-corrected chi connectivity index (χ0v) is 9.40. The third kappa shape index (κ3) is 3.08. The topological polar surface area (TPSA) is 69.4 Å². The first-order chi connectivity index (χ1) is 7.54. The second-order valence-corrected chi connectivity index (χ2v) is 3.67. The van der Waals surface area contributed by atoms with Gasteiger partial charge in [-0.15, -0.1) is 0 Å². The average molecular weight is 221 g/mol. The van der Waals surface area contributed by atoms with Crippen molar-refractivity contribution in [3.05, 3.63) is 29.8 Å². The second-order valence-electron chi connectivity index (χ2n) is 3.67. The number of methoxy groups -OCH3 is 1. The fraction of sp³-hybridized carbons (Fsp3) is 0.333. The molecule has 2 N–H and O–H groups in total. The Hall–Kier alpha value is -1.84. The summed E-state index contributed by atoms with van der Waals surface area (Å²) in [4.78, 5) is 22.9. The minimum absolute atomic E-state index is 0.0783. The van der Waals surface area contributed by atoms with Crippen LogP contribution in [-0.4, -0.2) is 18.9 Å². The Morgan fingerprint density at radius 3 is 2.38 bits per heavy atom. The lowest BCUT2D eigenvalue weighted by Gasteiger charge is -2.08. The Kier molecular flexibility index (Phi) is 4.05. The molecule has 0 heterocycles. The highest BCUT2D eigenvalue weighted by atomic mass is 16.5. The molecule has 0 saturated heterocycles. The van der Waals surface area contributed by atoms with Crippen molar-refractivity contribution in [3.8, 4) is 0 Å². The number of ketones is 1. The third-order valence-electron chi connectivity index (χ3n) is 2.34. The molecule has 1 atom stereocenters. The van der Waals surface area contributed by atoms with Crippen molar-refractivity contribution in [3.63, 3.8) is 0 Å². The number of anilines is 1. The van der Waals surface area contributed by atoms with E-state index >= 15 is 0 Å². The fourth-order valence-electron chi connectivity index (χ4n) is 1.36. The Bertz CT molecular complexity index is 384. The van der Waals surface area contributed by atoms with Gasteiger partial charge >= 0.3 is 5.97 Å². The van der Waals surface area contributed by atoms with E-state index in [2.05, 4.69) is 4.74 Å². The monoisotopic (exact) mass is 221 g/mol. The molecule has 0 amide bonds. The highest BCUT2D eigenvalue weighted by Gasteiger charge is 2.18. The largest absolute Gasteiger partial charge is 0.469 e. The van der Waals surface area contributed by atoms with E-state index in [1.165, 1.54) is 7.11 Å². The van der Waals surface area contributed by atoms with E-state index in [9.17, 15) is 9.59 Å². The van der Waals surface area contributed by atoms with Gasteiger partial charge in [-0.05, 0) is 24.3 Å². The maximum atomic E-state index is 11.9. The van der Waals surface area contributed by atoms with Crippen LogP contribution >= 0.6 is 0 Å². The maximum Gasteiger partial charge on any atom is 0.306 e. The minimum atomic E-state index is -0.379. The van der Waals surface area contributed by atoms with Crippen molar-refractivity contribution < 1.29 is 14.3 Å². The molecule has 1 rings (SSSR count). The number of carbonyl (C=O) groups excluding carboxylic acids is 2. The second kappa shape index (κ2) is 5.30. The normalized spacial score (nSPS) is 11.9. The molecule has 4 nitrogen and oxygen atoms in total. The molecule has 0 fully saturated rings. The van der Waals surface area contributed by atoms with E-state index < -0.39 is 0 Å². The number of carbonyl (C=O) groups is 2. The summed E-state index contributed by atoms with van der Waals surface area (Å²) in [5.41, 5.74) is 6.69. The van der Waals surface area contributed by atoms with Crippen LogP contribution in [-0.2, 0) is 9.53 Å². The molecule has 1 aromatic rings. The van der Waals surface area contributed by atoms with E-state index in [0.717, 1.165) is 0 Å². The molecule has 0 unspecified atom stereocenters. The van der Waals surface area contributed by atoms with Crippen LogP contribution in [0.4, 0.5) is 5.69 Å². The van der Waals surface area contributed by atoms with Crippen LogP contribution in [0, 0.1) is 5.92 Å². The van der Waals surface area contributed by atoms with Crippen LogP contribution in [0.5, 0.6) is 0 Å². The molecule has 16 heavy (non-hydrogen) atoms. The van der Waals surface area contributed by atoms with Crippen molar-refractivity contribution in [1.29, 1.82) is 0 Å². The highest BCUT2D eigenvalue weighted by molar-refractivity contribution is 5.99. The van der Waals surface area contributed by atoms with E-state index in [-0.39, 0.29) is 24.1 Å². The standard InChI is InChI=1S/C12H15NO3/c1-8(7-11(14)16-2)12(15)9-3-5-10(13)6-4-9/h3-6,8H,7,13H2,1-2H3/t8-/m1/s1. The van der Waals surface area contributed by atoms with Crippen LogP contribution in [0.25, 0.3) is 0 Å². The van der Waals surface area contributed by atoms with Crippen LogP contribution in [0.2, 0.25) is 0 Å². The minimum Gasteiger partial charge on any atom is -0.469 e. The number of hydrogen-bond acceptors (Lipinski definition) is 4. The molecule has 0 aromatic heterocycles. The van der Waals surface area contributed by atoms with Gasteiger partial charge in [-0.1, -0.05) is 6.92 Å². The first-order valence-electron chi connectivity index (χ1n) is 5.01. The molecule has 0 spiro atoms. The van der Waals surface area contributed by atoms with Crippen molar-refractivity contribution in [1.82, 2.24) is 0 Å². The SMILES string of the molecule is COC(=O)C[C@@H](C)C(=O)c1ccc(N)cc1. The summed E-state index contributed by atoms with van der Waals surface area (Å²) < 4.78 is 4.51. The number of esters is 1. The van der Waals surface area contributed by atoms with Crippen molar-refractivity contribution in [2.75, 3.05) is 12.8 Å². The summed E-state index contributed by atoms with van der Waals surface area (Å²) in [5, 5.41) is 0. The Morgan fingerprint density at radius 2 is 1.88 bits per heavy atom. The number of ether oxygens (including phenoxy) is 1. The summed E-state index contributed by atoms with van der Waals surface area (Å²) in [6, 6.07) is 6.65. The van der Waals surface area contributed by atoms with Gasteiger partial charge in [-0.3, -0.25) is 9.59 Å². The lowest BCUT2D eigenvalue weighted by molar-refractivity contribution is -0.141. The zero-order valence-electron chi connectivity index (χ0n) is 9.40. The predicted molar refractivity (Wildman–Crippen MR) is 61.0 cm³/mol. The molecule has 0 aliphatic heterocycles. The highest BCUT2D eigenvalue weighted by Crippen LogP contribution is 2.14. The molecule has 0 aliphatic rings. The lowest BCUT2D eigenvalue weighted by Crippen LogP contribution is -2.16. The molecule has 0 bridgehead atoms. The van der Waals surface area contributed by atoms with Gasteiger partial charge < -0.3 is 10.5 Å². The van der Waals surface area contributed by atoms with E-state index in [1.807, 2.05) is 0 Å². The molecule has 86 valence electrons. The quantitative estimate of drug-likeness (QED) is 0.477. The number of benzene rings is 1. The summed E-state index contributed by atoms with van der Waals surface area (Å²) >= 11 is 0. The summed E-state index contributed by atoms with van der Waals surface area (Å²) in [6.07, 6.45) is 0.0969. The molecule has 0 saturated carbocycles. The number of Topliss-reactive ketones (excluding diaryl/α,β-unsaturated/α-hetero) is 1. The number of rotatable bonds is 4. The molecule has 0 radical (unpaired) electrons. The first kappa shape index (κ1) is 12.2. The van der Waals surface area contributed by atoms with E-state index in [4.69, 9.17) is 5.73 Å². The van der Waals surface area contributed by atoms with Crippen molar-refractivity contribution in [2.45, 2.75) is 13.3 Å². The van der Waals surface area contributed by atoms with Gasteiger partial charge in [-0.25, -0.2) is 0 Å². The molecule has 0 aliphatic carbocycles. The van der Waals surface area contributed by atoms with Gasteiger partial charge in [0.2, 0.25) is 0 Å². The third-order valence-corrected chi connectivity index (χ3v) is 2.34. The summed E-state index contributed by atoms with van der Waals surface area (Å²) in [7, 11) is 1.31. The van der Waals surface area contributed by atoms with E-state index in [1.54, 1.807) is 31.2 Å². The zero-order chi connectivity index (χ0) is 12.1. The van der Waals surface area contributed by atoms with Crippen LogP contribution in [0.1, 0.15) is 23.7 Å². The van der Waals surface area contributed by atoms with E-state index in [0.29, 0.717) is 11.3 Å². The first-order valence-corrected chi connectivity index (χ1v) is 5.01. The molecular weight excluding hydrogens is 206 g/mol. The number of nitrogen functional groups attached to an aromatic ring is 1. The summed E-state index contributed by atoms with van der Waals surface area (Å²) in [6.45, 7) is 1.70. The Balaban J connectivity index is 2.70. The molecule has 1 aromatic carbocycles. The predicted octanol–water partition coefficient (Wildman–Crippen LogP) is 1.65. The van der Waals surface area contributed by atoms with Gasteiger partial charge in [0.15, 0.2) is 5.78 Å². The summed E-state index contributed by atoms with van der Waals surface area (Å²) in [5.74, 6) is -0.835. The number of nitrogens with two attached hydrogens (primary N) is 1. The maximum absolute atomic E-state index is 11.9. The molecule has 4 heteroatoms. The average Bonchev–Trinajstić information content (AvgIpc) is 2.28. The Morgan fingerprint density at radius 1 is 1.31 bits per heavy atom. The molecular formula is C12H15NO3. The lowest BCUT2D eigenvalue weighted by atomic mass is 9.96.